The molecule has 0 aromatic heterocycles. The van der Waals surface area contributed by atoms with Gasteiger partial charge < -0.3 is 4.74 Å². The first kappa shape index (κ1) is 12.4. The van der Waals surface area contributed by atoms with Crippen molar-refractivity contribution in [3.63, 3.8) is 0 Å². The van der Waals surface area contributed by atoms with E-state index in [0.717, 1.165) is 36.2 Å². The van der Waals surface area contributed by atoms with E-state index in [0.29, 0.717) is 11.8 Å². The van der Waals surface area contributed by atoms with Gasteiger partial charge in [0.1, 0.15) is 0 Å². The van der Waals surface area contributed by atoms with Gasteiger partial charge in [0.05, 0.1) is 12.5 Å². The lowest BCUT2D eigenvalue weighted by atomic mass is 9.58. The first-order valence-corrected chi connectivity index (χ1v) is 8.89. The van der Waals surface area contributed by atoms with Crippen molar-refractivity contribution in [2.24, 2.45) is 47.3 Å². The van der Waals surface area contributed by atoms with Crippen molar-refractivity contribution < 1.29 is 9.53 Å². The minimum atomic E-state index is 0.134. The second kappa shape index (κ2) is 3.77. The van der Waals surface area contributed by atoms with Crippen LogP contribution in [0, 0.1) is 47.3 Å². The van der Waals surface area contributed by atoms with E-state index in [-0.39, 0.29) is 16.6 Å². The quantitative estimate of drug-likeness (QED) is 0.548. The van der Waals surface area contributed by atoms with Crippen molar-refractivity contribution >= 4 is 18.6 Å². The van der Waals surface area contributed by atoms with E-state index in [9.17, 15) is 4.79 Å². The average molecular weight is 292 g/mol. The van der Waals surface area contributed by atoms with E-state index in [4.69, 9.17) is 17.4 Å². The van der Waals surface area contributed by atoms with Crippen LogP contribution in [-0.4, -0.2) is 17.3 Å². The average Bonchev–Trinajstić information content (AvgIpc) is 2.99. The van der Waals surface area contributed by atoms with Crippen molar-refractivity contribution in [2.75, 3.05) is 6.61 Å². The summed E-state index contributed by atoms with van der Waals surface area (Å²) in [6.07, 6.45) is 6.69. The highest BCUT2D eigenvalue weighted by atomic mass is 32.1. The number of hydrogen-bond donors (Lipinski definition) is 1. The van der Waals surface area contributed by atoms with Crippen molar-refractivity contribution in [3.05, 3.63) is 0 Å². The zero-order chi connectivity index (χ0) is 13.6. The largest absolute Gasteiger partial charge is 0.465 e. The number of cyclic esters (lactones) is 1. The summed E-state index contributed by atoms with van der Waals surface area (Å²) in [5.74, 6) is 5.82. The van der Waals surface area contributed by atoms with Crippen LogP contribution in [-0.2, 0) is 9.53 Å². The zero-order valence-electron chi connectivity index (χ0n) is 12.1. The highest BCUT2D eigenvalue weighted by Crippen LogP contribution is 2.69. The number of hydrogen-bond acceptors (Lipinski definition) is 3. The van der Waals surface area contributed by atoms with E-state index in [1.807, 2.05) is 0 Å². The number of ether oxygens (including phenoxy) is 1. The van der Waals surface area contributed by atoms with Crippen molar-refractivity contribution in [3.8, 4) is 0 Å². The number of rotatable bonds is 0. The lowest BCUT2D eigenvalue weighted by molar-refractivity contribution is -0.143. The molecular weight excluding hydrogens is 268 g/mol. The number of fused-ring (bicyclic) bond motifs is 8. The van der Waals surface area contributed by atoms with Gasteiger partial charge in [0.15, 0.2) is 0 Å². The third-order valence-corrected chi connectivity index (χ3v) is 7.91. The molecule has 1 heterocycles. The maximum absolute atomic E-state index is 12.1. The molecule has 5 saturated carbocycles. The predicted octanol–water partition coefficient (Wildman–Crippen LogP) is 3.17. The normalized spacial score (nSPS) is 63.0. The van der Waals surface area contributed by atoms with Gasteiger partial charge in [0.2, 0.25) is 0 Å². The second-order valence-corrected chi connectivity index (χ2v) is 9.62. The Morgan fingerprint density at radius 2 is 1.75 bits per heavy atom. The van der Waals surface area contributed by atoms with Crippen LogP contribution in [0.3, 0.4) is 0 Å². The van der Waals surface area contributed by atoms with E-state index in [2.05, 4.69) is 6.92 Å². The lowest BCUT2D eigenvalue weighted by Crippen LogP contribution is -2.43. The Hall–Kier alpha value is -0.180. The Labute approximate surface area is 126 Å². The summed E-state index contributed by atoms with van der Waals surface area (Å²) < 4.78 is 5.64. The Balaban J connectivity index is 1.56. The molecule has 0 aromatic rings. The molecule has 0 radical (unpaired) electrons. The smallest absolute Gasteiger partial charge is 0.309 e. The van der Waals surface area contributed by atoms with Gasteiger partial charge in [-0.05, 0) is 67.6 Å². The van der Waals surface area contributed by atoms with Gasteiger partial charge in [-0.1, -0.05) is 6.92 Å². The van der Waals surface area contributed by atoms with E-state index >= 15 is 0 Å². The first-order valence-electron chi connectivity index (χ1n) is 8.44. The molecule has 0 N–H and O–H groups in total. The maximum Gasteiger partial charge on any atom is 0.309 e. The monoisotopic (exact) mass is 292 g/mol. The molecule has 1 saturated heterocycles. The van der Waals surface area contributed by atoms with Gasteiger partial charge in [-0.25, -0.2) is 0 Å². The minimum Gasteiger partial charge on any atom is -0.465 e. The molecule has 0 amide bonds. The minimum absolute atomic E-state index is 0.134. The Morgan fingerprint density at radius 3 is 2.45 bits per heavy atom. The highest BCUT2D eigenvalue weighted by molar-refractivity contribution is 7.81. The van der Waals surface area contributed by atoms with Gasteiger partial charge >= 0.3 is 5.97 Å². The molecule has 0 spiro atoms. The fraction of sp³-hybridized carbons (Fsp3) is 0.941. The van der Waals surface area contributed by atoms with Crippen LogP contribution in [0.25, 0.3) is 0 Å². The molecule has 5 aliphatic carbocycles. The van der Waals surface area contributed by atoms with E-state index < -0.39 is 0 Å². The number of carbonyl (C=O) groups is 1. The summed E-state index contributed by atoms with van der Waals surface area (Å²) in [6, 6.07) is 0. The summed E-state index contributed by atoms with van der Waals surface area (Å²) in [7, 11) is 0. The Morgan fingerprint density at radius 1 is 1.10 bits per heavy atom. The molecule has 2 nitrogen and oxygen atoms in total. The summed E-state index contributed by atoms with van der Waals surface area (Å²) in [4.78, 5) is 12.1. The standard InChI is InChI=1S/C17H24O2S/c1-17(20)5-8-2-3-9(6-17)14-11-4-10(13(8)14)12-7-19-16(18)15(11)12/h8-15,20H,2-7H2,1H3. The lowest BCUT2D eigenvalue weighted by Gasteiger charge is -2.46. The third kappa shape index (κ3) is 1.41. The van der Waals surface area contributed by atoms with E-state index in [1.165, 1.54) is 32.1 Å². The SMILES string of the molecule is CC1(S)CC2CCC(C1)C1C3CC(C4COC(=O)C43)C21. The van der Waals surface area contributed by atoms with Crippen molar-refractivity contribution in [2.45, 2.75) is 43.8 Å². The molecule has 9 unspecified atom stereocenters. The van der Waals surface area contributed by atoms with Crippen LogP contribution < -0.4 is 0 Å². The van der Waals surface area contributed by atoms with Crippen molar-refractivity contribution in [1.29, 1.82) is 0 Å². The molecule has 1 aliphatic heterocycles. The third-order valence-electron chi connectivity index (χ3n) is 7.54. The van der Waals surface area contributed by atoms with Crippen LogP contribution >= 0.6 is 12.6 Å². The second-order valence-electron chi connectivity index (χ2n) is 8.54. The van der Waals surface area contributed by atoms with Crippen LogP contribution in [0.1, 0.15) is 39.0 Å². The first-order chi connectivity index (χ1) is 9.55. The van der Waals surface area contributed by atoms with Gasteiger partial charge in [0, 0.05) is 10.7 Å². The Bertz CT molecular complexity index is 474. The summed E-state index contributed by atoms with van der Waals surface area (Å²) in [6.45, 7) is 3.07. The maximum atomic E-state index is 12.1. The molecule has 6 fully saturated rings. The molecule has 3 heteroatoms. The summed E-state index contributed by atoms with van der Waals surface area (Å²) >= 11 is 4.98. The summed E-state index contributed by atoms with van der Waals surface area (Å²) in [5, 5.41) is 0. The van der Waals surface area contributed by atoms with Gasteiger partial charge in [0.25, 0.3) is 0 Å². The molecule has 110 valence electrons. The zero-order valence-corrected chi connectivity index (χ0v) is 13.0. The fourth-order valence-electron chi connectivity index (χ4n) is 7.31. The number of thiol groups is 1. The van der Waals surface area contributed by atoms with Crippen LogP contribution in [0.15, 0.2) is 0 Å². The Kier molecular flexibility index (Phi) is 2.33. The highest BCUT2D eigenvalue weighted by Gasteiger charge is 2.67. The molecule has 6 aliphatic rings. The predicted molar refractivity (Wildman–Crippen MR) is 79.4 cm³/mol. The number of esters is 1. The van der Waals surface area contributed by atoms with Crippen LogP contribution in [0.5, 0.6) is 0 Å². The van der Waals surface area contributed by atoms with Crippen molar-refractivity contribution in [1.82, 2.24) is 0 Å². The topological polar surface area (TPSA) is 26.3 Å². The molecule has 20 heavy (non-hydrogen) atoms. The fourth-order valence-corrected chi connectivity index (χ4v) is 7.78. The number of carbonyl (C=O) groups excluding carboxylic acids is 1. The molecule has 0 aromatic carbocycles. The molecule has 9 atom stereocenters. The molecular formula is C17H24O2S. The summed E-state index contributed by atoms with van der Waals surface area (Å²) in [5.41, 5.74) is 0. The van der Waals surface area contributed by atoms with Gasteiger partial charge in [-0.15, -0.1) is 0 Å². The van der Waals surface area contributed by atoms with Gasteiger partial charge in [-0.3, -0.25) is 4.79 Å². The van der Waals surface area contributed by atoms with Crippen LogP contribution in [0.2, 0.25) is 0 Å². The van der Waals surface area contributed by atoms with Gasteiger partial charge in [-0.2, -0.15) is 12.6 Å². The van der Waals surface area contributed by atoms with Crippen LogP contribution in [0.4, 0.5) is 0 Å². The molecule has 4 bridgehead atoms. The molecule has 6 rings (SSSR count). The van der Waals surface area contributed by atoms with E-state index in [1.54, 1.807) is 0 Å².